The van der Waals surface area contributed by atoms with Gasteiger partial charge < -0.3 is 20.3 Å². The van der Waals surface area contributed by atoms with Gasteiger partial charge in [0.05, 0.1) is 24.6 Å². The van der Waals surface area contributed by atoms with Gasteiger partial charge in [0.2, 0.25) is 5.82 Å². The number of pyridine rings is 1. The van der Waals surface area contributed by atoms with Crippen LogP contribution in [0.3, 0.4) is 0 Å². The first kappa shape index (κ1) is 16.3. The van der Waals surface area contributed by atoms with Crippen molar-refractivity contribution in [3.8, 4) is 5.75 Å². The van der Waals surface area contributed by atoms with E-state index in [0.29, 0.717) is 22.7 Å². The summed E-state index contributed by atoms with van der Waals surface area (Å²) < 4.78 is 7.66. The number of fused-ring (bicyclic) bond motifs is 3. The normalized spacial score (nSPS) is 13.5. The first-order valence-corrected chi connectivity index (χ1v) is 8.43. The molecule has 0 aliphatic carbocycles. The molecule has 1 aliphatic heterocycles. The van der Waals surface area contributed by atoms with Gasteiger partial charge in [0.15, 0.2) is 11.3 Å². The minimum absolute atomic E-state index is 0.0666. The number of aliphatic hydroxyl groups excluding tert-OH is 2. The molecule has 0 bridgehead atoms. The molecule has 132 valence electrons. The Morgan fingerprint density at radius 2 is 2.23 bits per heavy atom. The Labute approximate surface area is 150 Å². The summed E-state index contributed by atoms with van der Waals surface area (Å²) in [5, 5.41) is 23.8. The van der Waals surface area contributed by atoms with E-state index in [-0.39, 0.29) is 19.0 Å². The second kappa shape index (κ2) is 6.97. The van der Waals surface area contributed by atoms with Crippen molar-refractivity contribution in [2.24, 2.45) is 0 Å². The lowest BCUT2D eigenvalue weighted by Crippen LogP contribution is -2.36. The standard InChI is InChI=1S/C19H18N4O3/c24-9-10-26-16-5-1-4-14-18(16)22-17(23-8-7-21-19(14)23)11-15(25)13-3-2-6-20-12-13/h1-6,11-12,24H,7-10H2,(H,21,22,25)/p+1. The van der Waals surface area contributed by atoms with E-state index in [1.807, 2.05) is 22.8 Å². The topological polar surface area (TPSA) is 91.4 Å². The van der Waals surface area contributed by atoms with Crippen LogP contribution in [0.1, 0.15) is 11.4 Å². The zero-order chi connectivity index (χ0) is 17.9. The maximum atomic E-state index is 10.5. The van der Waals surface area contributed by atoms with E-state index in [9.17, 15) is 5.11 Å². The van der Waals surface area contributed by atoms with Crippen molar-refractivity contribution in [3.05, 3.63) is 54.1 Å². The van der Waals surface area contributed by atoms with Gasteiger partial charge in [0.25, 0.3) is 5.82 Å². The third-order valence-corrected chi connectivity index (χ3v) is 4.23. The molecule has 2 aromatic heterocycles. The van der Waals surface area contributed by atoms with Gasteiger partial charge in [-0.05, 0) is 24.3 Å². The molecule has 0 saturated heterocycles. The predicted octanol–water partition coefficient (Wildman–Crippen LogP) is 1.77. The summed E-state index contributed by atoms with van der Waals surface area (Å²) in [6.07, 6.45) is 4.90. The van der Waals surface area contributed by atoms with Crippen molar-refractivity contribution in [1.82, 2.24) is 9.97 Å². The SMILES string of the molecule is OCCOc1cccc2c3[n+](c(/C=C(\O)c4cccnc4)nc12)CCN3. The summed E-state index contributed by atoms with van der Waals surface area (Å²) in [5.41, 5.74) is 1.31. The fourth-order valence-corrected chi connectivity index (χ4v) is 3.07. The van der Waals surface area contributed by atoms with Crippen LogP contribution in [0.15, 0.2) is 42.7 Å². The van der Waals surface area contributed by atoms with Crippen LogP contribution in [-0.4, -0.2) is 39.9 Å². The quantitative estimate of drug-likeness (QED) is 0.479. The van der Waals surface area contributed by atoms with E-state index in [1.54, 1.807) is 30.6 Å². The zero-order valence-corrected chi connectivity index (χ0v) is 14.1. The van der Waals surface area contributed by atoms with Gasteiger partial charge in [0, 0.05) is 18.0 Å². The van der Waals surface area contributed by atoms with Crippen LogP contribution in [0, 0.1) is 0 Å². The lowest BCUT2D eigenvalue weighted by atomic mass is 10.2. The van der Waals surface area contributed by atoms with Crippen LogP contribution in [0.4, 0.5) is 5.82 Å². The number of anilines is 1. The molecule has 0 amide bonds. The summed E-state index contributed by atoms with van der Waals surface area (Å²) >= 11 is 0. The highest BCUT2D eigenvalue weighted by Gasteiger charge is 2.26. The van der Waals surface area contributed by atoms with Gasteiger partial charge in [0.1, 0.15) is 18.9 Å². The molecule has 0 spiro atoms. The van der Waals surface area contributed by atoms with Crippen molar-refractivity contribution in [1.29, 1.82) is 0 Å². The molecule has 26 heavy (non-hydrogen) atoms. The van der Waals surface area contributed by atoms with Crippen molar-refractivity contribution in [2.75, 3.05) is 25.1 Å². The number of hydrogen-bond acceptors (Lipinski definition) is 6. The molecule has 0 radical (unpaired) electrons. The Kier molecular flexibility index (Phi) is 4.37. The molecule has 1 aromatic carbocycles. The van der Waals surface area contributed by atoms with Gasteiger partial charge in [-0.3, -0.25) is 4.98 Å². The van der Waals surface area contributed by atoms with E-state index < -0.39 is 0 Å². The van der Waals surface area contributed by atoms with Gasteiger partial charge in [-0.1, -0.05) is 11.1 Å². The van der Waals surface area contributed by atoms with Gasteiger partial charge in [-0.15, -0.1) is 0 Å². The van der Waals surface area contributed by atoms with Gasteiger partial charge in [-0.25, -0.2) is 4.57 Å². The maximum Gasteiger partial charge on any atom is 0.267 e. The average Bonchev–Trinajstić information content (AvgIpc) is 3.17. The number of para-hydroxylation sites is 1. The zero-order valence-electron chi connectivity index (χ0n) is 14.1. The Hall–Kier alpha value is -3.19. The lowest BCUT2D eigenvalue weighted by Gasteiger charge is -2.08. The molecular weight excluding hydrogens is 332 g/mol. The van der Waals surface area contributed by atoms with E-state index in [4.69, 9.17) is 14.8 Å². The summed E-state index contributed by atoms with van der Waals surface area (Å²) in [6.45, 7) is 1.68. The van der Waals surface area contributed by atoms with E-state index >= 15 is 0 Å². The second-order valence-electron chi connectivity index (χ2n) is 5.89. The Morgan fingerprint density at radius 1 is 1.31 bits per heavy atom. The van der Waals surface area contributed by atoms with Gasteiger partial charge in [-0.2, -0.15) is 0 Å². The third-order valence-electron chi connectivity index (χ3n) is 4.23. The molecule has 3 N–H and O–H groups in total. The number of aromatic nitrogens is 3. The molecule has 3 heterocycles. The minimum atomic E-state index is -0.0666. The molecule has 7 heteroatoms. The van der Waals surface area contributed by atoms with Crippen LogP contribution in [0.25, 0.3) is 22.7 Å². The number of benzene rings is 1. The van der Waals surface area contributed by atoms with Crippen LogP contribution in [0.2, 0.25) is 0 Å². The molecule has 1 aliphatic rings. The maximum absolute atomic E-state index is 10.5. The monoisotopic (exact) mass is 351 g/mol. The number of hydrogen-bond donors (Lipinski definition) is 3. The average molecular weight is 351 g/mol. The number of nitrogens with one attached hydrogen (secondary N) is 1. The smallest absolute Gasteiger partial charge is 0.267 e. The Bertz CT molecular complexity index is 973. The highest BCUT2D eigenvalue weighted by molar-refractivity contribution is 5.92. The fourth-order valence-electron chi connectivity index (χ4n) is 3.07. The minimum Gasteiger partial charge on any atom is -0.507 e. The molecule has 7 nitrogen and oxygen atoms in total. The van der Waals surface area contributed by atoms with Crippen LogP contribution in [0.5, 0.6) is 5.75 Å². The summed E-state index contributed by atoms with van der Waals surface area (Å²) in [4.78, 5) is 8.76. The number of ether oxygens (including phenoxy) is 1. The number of rotatable bonds is 5. The van der Waals surface area contributed by atoms with Crippen LogP contribution in [-0.2, 0) is 6.54 Å². The van der Waals surface area contributed by atoms with Crippen LogP contribution < -0.4 is 14.6 Å². The molecule has 4 rings (SSSR count). The first-order chi connectivity index (χ1) is 12.8. The molecule has 0 atom stereocenters. The molecular formula is C19H19N4O3+. The summed E-state index contributed by atoms with van der Waals surface area (Å²) in [7, 11) is 0. The molecule has 0 fully saturated rings. The number of nitrogens with zero attached hydrogens (tertiary/aromatic N) is 3. The predicted molar refractivity (Wildman–Crippen MR) is 97.7 cm³/mol. The van der Waals surface area contributed by atoms with Crippen molar-refractivity contribution < 1.29 is 19.5 Å². The van der Waals surface area contributed by atoms with E-state index in [2.05, 4.69) is 10.3 Å². The van der Waals surface area contributed by atoms with E-state index in [1.165, 1.54) is 0 Å². The summed E-state index contributed by atoms with van der Waals surface area (Å²) in [6, 6.07) is 9.27. The van der Waals surface area contributed by atoms with Crippen molar-refractivity contribution in [2.45, 2.75) is 6.54 Å². The molecule has 0 unspecified atom stereocenters. The largest absolute Gasteiger partial charge is 0.507 e. The van der Waals surface area contributed by atoms with Crippen LogP contribution >= 0.6 is 0 Å². The Morgan fingerprint density at radius 3 is 3.04 bits per heavy atom. The third kappa shape index (κ3) is 2.93. The highest BCUT2D eigenvalue weighted by Crippen LogP contribution is 2.29. The van der Waals surface area contributed by atoms with E-state index in [0.717, 1.165) is 24.3 Å². The first-order valence-electron chi connectivity index (χ1n) is 8.43. The van der Waals surface area contributed by atoms with Crippen molar-refractivity contribution >= 4 is 28.6 Å². The fraction of sp³-hybridized carbons (Fsp3) is 0.211. The summed E-state index contributed by atoms with van der Waals surface area (Å²) in [5.74, 6) is 2.26. The number of aliphatic hydroxyl groups is 2. The Balaban J connectivity index is 1.87. The lowest BCUT2D eigenvalue weighted by molar-refractivity contribution is -0.674. The highest BCUT2D eigenvalue weighted by atomic mass is 16.5. The molecule has 0 saturated carbocycles. The second-order valence-corrected chi connectivity index (χ2v) is 5.89. The molecule has 3 aromatic rings. The van der Waals surface area contributed by atoms with Gasteiger partial charge >= 0.3 is 0 Å². The van der Waals surface area contributed by atoms with Crippen molar-refractivity contribution in [3.63, 3.8) is 0 Å².